The average Bonchev–Trinajstić information content (AvgIpc) is 3.23. The molecule has 0 aromatic heterocycles. The molecule has 1 saturated carbocycles. The predicted molar refractivity (Wildman–Crippen MR) is 81.0 cm³/mol. The molecule has 3 heteroatoms. The summed E-state index contributed by atoms with van der Waals surface area (Å²) in [4.78, 5) is 13.9. The Morgan fingerprint density at radius 2 is 2.10 bits per heavy atom. The normalized spacial score (nSPS) is 17.4. The second-order valence-electron chi connectivity index (χ2n) is 5.93. The first-order chi connectivity index (χ1) is 9.52. The van der Waals surface area contributed by atoms with Crippen LogP contribution in [0.25, 0.3) is 0 Å². The van der Waals surface area contributed by atoms with Gasteiger partial charge in [0.05, 0.1) is 6.10 Å². The van der Waals surface area contributed by atoms with Crippen molar-refractivity contribution < 1.29 is 9.53 Å². The molecule has 0 heterocycles. The number of amides is 1. The van der Waals surface area contributed by atoms with E-state index in [-0.39, 0.29) is 17.7 Å². The van der Waals surface area contributed by atoms with Gasteiger partial charge in [-0.1, -0.05) is 26.0 Å². The molecule has 1 aromatic rings. The Labute approximate surface area is 121 Å². The molecule has 3 nitrogen and oxygen atoms in total. The first-order valence-electron chi connectivity index (χ1n) is 7.50. The maximum atomic E-state index is 12.2. The number of ether oxygens (including phenoxy) is 1. The van der Waals surface area contributed by atoms with Gasteiger partial charge < -0.3 is 9.64 Å². The van der Waals surface area contributed by atoms with Crippen LogP contribution in [0, 0.1) is 5.92 Å². The van der Waals surface area contributed by atoms with Gasteiger partial charge >= 0.3 is 0 Å². The lowest BCUT2D eigenvalue weighted by atomic mass is 9.84. The number of nitrogens with zero attached hydrogens (tertiary/aromatic N) is 1. The van der Waals surface area contributed by atoms with Crippen LogP contribution in [0.2, 0.25) is 0 Å². The second kappa shape index (κ2) is 6.29. The van der Waals surface area contributed by atoms with Crippen LogP contribution < -0.4 is 4.74 Å². The molecule has 1 aromatic carbocycles. The van der Waals surface area contributed by atoms with Crippen LogP contribution in [0.5, 0.6) is 5.75 Å². The minimum absolute atomic E-state index is 0.00817. The lowest BCUT2D eigenvalue weighted by molar-refractivity contribution is -0.133. The summed E-state index contributed by atoms with van der Waals surface area (Å²) in [7, 11) is 3.64. The quantitative estimate of drug-likeness (QED) is 0.796. The van der Waals surface area contributed by atoms with E-state index in [2.05, 4.69) is 19.1 Å². The third kappa shape index (κ3) is 3.53. The molecule has 0 N–H and O–H groups in total. The Kier molecular flexibility index (Phi) is 4.69. The topological polar surface area (TPSA) is 29.5 Å². The van der Waals surface area contributed by atoms with Gasteiger partial charge in [-0.15, -0.1) is 0 Å². The van der Waals surface area contributed by atoms with E-state index in [4.69, 9.17) is 4.74 Å². The SMILES string of the molecule is CC[C@@H](c1cccc(OC2CC2)c1)[C@@H](C)C(=O)N(C)C. The second-order valence-corrected chi connectivity index (χ2v) is 5.93. The maximum absolute atomic E-state index is 12.2. The molecule has 0 spiro atoms. The number of hydrogen-bond acceptors (Lipinski definition) is 2. The molecule has 0 aliphatic heterocycles. The molecular formula is C17H25NO2. The number of carbonyl (C=O) groups is 1. The van der Waals surface area contributed by atoms with Crippen LogP contribution in [0.4, 0.5) is 0 Å². The average molecular weight is 275 g/mol. The standard InChI is InChI=1S/C17H25NO2/c1-5-16(12(2)17(19)18(3)4)13-7-6-8-15(11-13)20-14-9-10-14/h6-8,11-12,14,16H,5,9-10H2,1-4H3/t12-,16-/m1/s1. The van der Waals surface area contributed by atoms with E-state index in [1.807, 2.05) is 33.2 Å². The molecule has 0 bridgehead atoms. The summed E-state index contributed by atoms with van der Waals surface area (Å²) >= 11 is 0. The van der Waals surface area contributed by atoms with Crippen LogP contribution in [-0.4, -0.2) is 31.0 Å². The van der Waals surface area contributed by atoms with Gasteiger partial charge in [-0.3, -0.25) is 4.79 Å². The van der Waals surface area contributed by atoms with Crippen LogP contribution >= 0.6 is 0 Å². The molecule has 110 valence electrons. The highest BCUT2D eigenvalue weighted by atomic mass is 16.5. The van der Waals surface area contributed by atoms with Crippen molar-refractivity contribution in [2.45, 2.75) is 45.1 Å². The monoisotopic (exact) mass is 275 g/mol. The van der Waals surface area contributed by atoms with Gasteiger partial charge in [0, 0.05) is 20.0 Å². The van der Waals surface area contributed by atoms with E-state index in [1.165, 1.54) is 5.56 Å². The van der Waals surface area contributed by atoms with Crippen LogP contribution in [0.3, 0.4) is 0 Å². The maximum Gasteiger partial charge on any atom is 0.225 e. The number of carbonyl (C=O) groups excluding carboxylic acids is 1. The third-order valence-corrected chi connectivity index (χ3v) is 3.99. The van der Waals surface area contributed by atoms with Crippen molar-refractivity contribution >= 4 is 5.91 Å². The smallest absolute Gasteiger partial charge is 0.225 e. The molecule has 2 rings (SSSR count). The highest BCUT2D eigenvalue weighted by Crippen LogP contribution is 2.33. The molecule has 0 radical (unpaired) electrons. The molecule has 1 fully saturated rings. The van der Waals surface area contributed by atoms with Gasteiger partial charge in [0.1, 0.15) is 5.75 Å². The molecule has 0 saturated heterocycles. The summed E-state index contributed by atoms with van der Waals surface area (Å²) in [6.45, 7) is 4.16. The van der Waals surface area contributed by atoms with Gasteiger partial charge in [-0.2, -0.15) is 0 Å². The minimum Gasteiger partial charge on any atom is -0.490 e. The van der Waals surface area contributed by atoms with Crippen molar-refractivity contribution in [2.24, 2.45) is 5.92 Å². The Hall–Kier alpha value is -1.51. The van der Waals surface area contributed by atoms with Gasteiger partial charge in [-0.05, 0) is 42.9 Å². The van der Waals surface area contributed by atoms with E-state index in [0.29, 0.717) is 6.10 Å². The van der Waals surface area contributed by atoms with Crippen molar-refractivity contribution in [1.82, 2.24) is 4.90 Å². The predicted octanol–water partition coefficient (Wildman–Crippen LogP) is 3.45. The minimum atomic E-state index is -0.00817. The first kappa shape index (κ1) is 14.9. The zero-order valence-corrected chi connectivity index (χ0v) is 12.9. The zero-order chi connectivity index (χ0) is 14.7. The van der Waals surface area contributed by atoms with Crippen molar-refractivity contribution in [3.63, 3.8) is 0 Å². The summed E-state index contributed by atoms with van der Waals surface area (Å²) < 4.78 is 5.85. The van der Waals surface area contributed by atoms with Crippen LogP contribution in [0.1, 0.15) is 44.6 Å². The summed E-state index contributed by atoms with van der Waals surface area (Å²) in [6.07, 6.45) is 3.69. The Bertz CT molecular complexity index is 466. The van der Waals surface area contributed by atoms with Gasteiger partial charge in [0.15, 0.2) is 0 Å². The van der Waals surface area contributed by atoms with E-state index in [0.717, 1.165) is 25.0 Å². The molecule has 2 atom stereocenters. The summed E-state index contributed by atoms with van der Waals surface area (Å²) in [5, 5.41) is 0. The largest absolute Gasteiger partial charge is 0.490 e. The molecule has 1 amide bonds. The zero-order valence-electron chi connectivity index (χ0n) is 12.9. The Morgan fingerprint density at radius 1 is 1.40 bits per heavy atom. The molecule has 1 aliphatic carbocycles. The van der Waals surface area contributed by atoms with E-state index in [1.54, 1.807) is 4.90 Å². The fourth-order valence-corrected chi connectivity index (χ4v) is 2.65. The first-order valence-corrected chi connectivity index (χ1v) is 7.50. The number of rotatable bonds is 6. The summed E-state index contributed by atoms with van der Waals surface area (Å²) in [5.74, 6) is 1.36. The Morgan fingerprint density at radius 3 is 2.65 bits per heavy atom. The van der Waals surface area contributed by atoms with E-state index in [9.17, 15) is 4.79 Å². The summed E-state index contributed by atoms with van der Waals surface area (Å²) in [6, 6.07) is 8.24. The lowest BCUT2D eigenvalue weighted by Crippen LogP contribution is -2.31. The van der Waals surface area contributed by atoms with Gasteiger partial charge in [-0.25, -0.2) is 0 Å². The fourth-order valence-electron chi connectivity index (χ4n) is 2.65. The van der Waals surface area contributed by atoms with E-state index < -0.39 is 0 Å². The fraction of sp³-hybridized carbons (Fsp3) is 0.588. The van der Waals surface area contributed by atoms with Crippen molar-refractivity contribution in [1.29, 1.82) is 0 Å². The molecule has 0 unspecified atom stereocenters. The molecule has 20 heavy (non-hydrogen) atoms. The van der Waals surface area contributed by atoms with Crippen molar-refractivity contribution in [2.75, 3.05) is 14.1 Å². The Balaban J connectivity index is 2.15. The highest BCUT2D eigenvalue weighted by molar-refractivity contribution is 5.79. The van der Waals surface area contributed by atoms with Gasteiger partial charge in [0.25, 0.3) is 0 Å². The van der Waals surface area contributed by atoms with Crippen LogP contribution in [-0.2, 0) is 4.79 Å². The third-order valence-electron chi connectivity index (χ3n) is 3.99. The molecular weight excluding hydrogens is 250 g/mol. The molecule has 1 aliphatic rings. The van der Waals surface area contributed by atoms with Crippen molar-refractivity contribution in [3.8, 4) is 5.75 Å². The highest BCUT2D eigenvalue weighted by Gasteiger charge is 2.27. The van der Waals surface area contributed by atoms with Crippen LogP contribution in [0.15, 0.2) is 24.3 Å². The lowest BCUT2D eigenvalue weighted by Gasteiger charge is -2.25. The summed E-state index contributed by atoms with van der Waals surface area (Å²) in [5.41, 5.74) is 1.20. The van der Waals surface area contributed by atoms with E-state index >= 15 is 0 Å². The number of benzene rings is 1. The number of hydrogen-bond donors (Lipinski definition) is 0. The van der Waals surface area contributed by atoms with Crippen molar-refractivity contribution in [3.05, 3.63) is 29.8 Å². The van der Waals surface area contributed by atoms with Gasteiger partial charge in [0.2, 0.25) is 5.91 Å².